The van der Waals surface area contributed by atoms with Crippen LogP contribution < -0.4 is 5.32 Å². The summed E-state index contributed by atoms with van der Waals surface area (Å²) >= 11 is 1.53. The van der Waals surface area contributed by atoms with Crippen molar-refractivity contribution in [3.8, 4) is 11.3 Å². The first-order valence-electron chi connectivity index (χ1n) is 7.61. The summed E-state index contributed by atoms with van der Waals surface area (Å²) in [6.07, 6.45) is 0. The minimum Gasteiger partial charge on any atom is -0.322 e. The number of carbonyl (C=O) groups is 1. The summed E-state index contributed by atoms with van der Waals surface area (Å²) in [5.74, 6) is -0.681. The lowest BCUT2D eigenvalue weighted by atomic mass is 10.1. The highest BCUT2D eigenvalue weighted by molar-refractivity contribution is 7.09. The van der Waals surface area contributed by atoms with Crippen molar-refractivity contribution >= 4 is 34.3 Å². The topological polar surface area (TPSA) is 128 Å². The second-order valence-electron chi connectivity index (χ2n) is 5.54. The van der Waals surface area contributed by atoms with Crippen LogP contribution in [-0.2, 0) is 0 Å². The van der Waals surface area contributed by atoms with Crippen LogP contribution in [0, 0.1) is 27.2 Å². The van der Waals surface area contributed by atoms with Crippen molar-refractivity contribution in [3.63, 3.8) is 0 Å². The monoisotopic (exact) mass is 384 g/mol. The lowest BCUT2D eigenvalue weighted by Crippen LogP contribution is -2.12. The van der Waals surface area contributed by atoms with Crippen molar-refractivity contribution in [3.05, 3.63) is 78.6 Å². The maximum absolute atomic E-state index is 12.4. The minimum absolute atomic E-state index is 0.171. The van der Waals surface area contributed by atoms with Gasteiger partial charge in [-0.1, -0.05) is 12.1 Å². The number of nitro groups is 2. The summed E-state index contributed by atoms with van der Waals surface area (Å²) in [5, 5.41) is 27.3. The molecule has 0 aliphatic heterocycles. The molecule has 0 radical (unpaired) electrons. The number of carbonyl (C=O) groups excluding carboxylic acids is 1. The molecule has 9 nitrogen and oxygen atoms in total. The number of non-ortho nitro benzene ring substituents is 2. The molecule has 1 heterocycles. The van der Waals surface area contributed by atoms with Gasteiger partial charge in [0.2, 0.25) is 0 Å². The van der Waals surface area contributed by atoms with Gasteiger partial charge in [-0.05, 0) is 19.1 Å². The fourth-order valence-corrected chi connectivity index (χ4v) is 2.98. The highest BCUT2D eigenvalue weighted by Gasteiger charge is 2.20. The Morgan fingerprint density at radius 3 is 2.11 bits per heavy atom. The van der Waals surface area contributed by atoms with Gasteiger partial charge in [-0.3, -0.25) is 25.0 Å². The predicted molar refractivity (Wildman–Crippen MR) is 100.0 cm³/mol. The maximum atomic E-state index is 12.4. The Kier molecular flexibility index (Phi) is 4.90. The van der Waals surface area contributed by atoms with Crippen LogP contribution >= 0.6 is 11.3 Å². The average Bonchev–Trinajstić information content (AvgIpc) is 3.08. The second-order valence-corrected chi connectivity index (χ2v) is 6.60. The molecule has 0 fully saturated rings. The van der Waals surface area contributed by atoms with Gasteiger partial charge in [-0.25, -0.2) is 4.98 Å². The third-order valence-electron chi connectivity index (χ3n) is 3.64. The molecular formula is C17H12N4O5S. The summed E-state index contributed by atoms with van der Waals surface area (Å²) in [6.45, 7) is 1.90. The summed E-state index contributed by atoms with van der Waals surface area (Å²) in [6, 6.07) is 9.67. The standard InChI is InChI=1S/C17H12N4O5S/c1-10-18-16(9-27-10)11-2-4-13(5-3-11)19-17(22)12-6-14(20(23)24)8-15(7-12)21(25)26/h2-9H,1H3,(H,19,22). The fraction of sp³-hybridized carbons (Fsp3) is 0.0588. The van der Waals surface area contributed by atoms with E-state index in [0.29, 0.717) is 5.69 Å². The van der Waals surface area contributed by atoms with Gasteiger partial charge in [0, 0.05) is 28.8 Å². The summed E-state index contributed by atoms with van der Waals surface area (Å²) in [4.78, 5) is 37.0. The van der Waals surface area contributed by atoms with Gasteiger partial charge < -0.3 is 5.32 Å². The van der Waals surface area contributed by atoms with Crippen molar-refractivity contribution in [1.29, 1.82) is 0 Å². The van der Waals surface area contributed by atoms with Gasteiger partial charge in [0.1, 0.15) is 0 Å². The van der Waals surface area contributed by atoms with E-state index >= 15 is 0 Å². The van der Waals surface area contributed by atoms with Crippen LogP contribution in [-0.4, -0.2) is 20.7 Å². The molecule has 136 valence electrons. The van der Waals surface area contributed by atoms with Crippen molar-refractivity contribution in [1.82, 2.24) is 4.98 Å². The van der Waals surface area contributed by atoms with Gasteiger partial charge in [0.05, 0.1) is 32.2 Å². The van der Waals surface area contributed by atoms with Crippen LogP contribution in [0.4, 0.5) is 17.1 Å². The fourth-order valence-electron chi connectivity index (χ4n) is 2.36. The molecule has 10 heteroatoms. The molecule has 0 unspecified atom stereocenters. The highest BCUT2D eigenvalue weighted by atomic mass is 32.1. The highest BCUT2D eigenvalue weighted by Crippen LogP contribution is 2.25. The number of nitro benzene ring substituents is 2. The number of hydrogen-bond donors (Lipinski definition) is 1. The normalized spacial score (nSPS) is 10.4. The van der Waals surface area contributed by atoms with E-state index in [9.17, 15) is 25.0 Å². The molecule has 0 atom stereocenters. The maximum Gasteiger partial charge on any atom is 0.277 e. The van der Waals surface area contributed by atoms with Crippen LogP contribution in [0.5, 0.6) is 0 Å². The van der Waals surface area contributed by atoms with E-state index in [1.165, 1.54) is 11.3 Å². The molecule has 27 heavy (non-hydrogen) atoms. The quantitative estimate of drug-likeness (QED) is 0.519. The molecule has 1 N–H and O–H groups in total. The van der Waals surface area contributed by atoms with Crippen LogP contribution in [0.2, 0.25) is 0 Å². The SMILES string of the molecule is Cc1nc(-c2ccc(NC(=O)c3cc([N+](=O)[O-])cc([N+](=O)[O-])c3)cc2)cs1. The minimum atomic E-state index is -0.783. The molecule has 0 saturated heterocycles. The molecule has 0 spiro atoms. The third kappa shape index (κ3) is 4.12. The summed E-state index contributed by atoms with van der Waals surface area (Å²) < 4.78 is 0. The zero-order chi connectivity index (χ0) is 19.6. The van der Waals surface area contributed by atoms with E-state index in [4.69, 9.17) is 0 Å². The van der Waals surface area contributed by atoms with Gasteiger partial charge in [0.25, 0.3) is 17.3 Å². The number of rotatable bonds is 5. The Morgan fingerprint density at radius 1 is 1.04 bits per heavy atom. The molecule has 0 aliphatic carbocycles. The van der Waals surface area contributed by atoms with Gasteiger partial charge in [-0.2, -0.15) is 0 Å². The molecule has 2 aromatic carbocycles. The zero-order valence-corrected chi connectivity index (χ0v) is 14.7. The third-order valence-corrected chi connectivity index (χ3v) is 4.42. The average molecular weight is 384 g/mol. The van der Waals surface area contributed by atoms with Crippen molar-refractivity contribution in [2.45, 2.75) is 6.92 Å². The smallest absolute Gasteiger partial charge is 0.277 e. The van der Waals surface area contributed by atoms with Gasteiger partial charge in [-0.15, -0.1) is 11.3 Å². The van der Waals surface area contributed by atoms with Crippen molar-refractivity contribution in [2.75, 3.05) is 5.32 Å². The lowest BCUT2D eigenvalue weighted by Gasteiger charge is -2.06. The number of thiazole rings is 1. The Morgan fingerprint density at radius 2 is 1.63 bits per heavy atom. The lowest BCUT2D eigenvalue weighted by molar-refractivity contribution is -0.394. The van der Waals surface area contributed by atoms with E-state index in [1.54, 1.807) is 24.3 Å². The number of aromatic nitrogens is 1. The zero-order valence-electron chi connectivity index (χ0n) is 13.9. The first kappa shape index (κ1) is 18.1. The molecule has 3 aromatic rings. The van der Waals surface area contributed by atoms with E-state index in [0.717, 1.165) is 34.5 Å². The van der Waals surface area contributed by atoms with Crippen LogP contribution in [0.3, 0.4) is 0 Å². The van der Waals surface area contributed by atoms with Crippen LogP contribution in [0.15, 0.2) is 47.8 Å². The molecule has 3 rings (SSSR count). The Hall–Kier alpha value is -3.66. The van der Waals surface area contributed by atoms with E-state index in [2.05, 4.69) is 10.3 Å². The number of anilines is 1. The number of aryl methyl sites for hydroxylation is 1. The number of amides is 1. The molecule has 0 bridgehead atoms. The van der Waals surface area contributed by atoms with Crippen molar-refractivity contribution in [2.24, 2.45) is 0 Å². The predicted octanol–water partition coefficient (Wildman–Crippen LogP) is 4.19. The molecule has 0 saturated carbocycles. The molecular weight excluding hydrogens is 372 g/mol. The first-order chi connectivity index (χ1) is 12.8. The van der Waals surface area contributed by atoms with E-state index < -0.39 is 27.1 Å². The molecule has 0 aliphatic rings. The molecule has 1 amide bonds. The van der Waals surface area contributed by atoms with Crippen LogP contribution in [0.1, 0.15) is 15.4 Å². The van der Waals surface area contributed by atoms with Crippen molar-refractivity contribution < 1.29 is 14.6 Å². The van der Waals surface area contributed by atoms with Gasteiger partial charge in [0.15, 0.2) is 0 Å². The number of benzene rings is 2. The number of nitrogens with one attached hydrogen (secondary N) is 1. The largest absolute Gasteiger partial charge is 0.322 e. The Labute approximate surface area is 156 Å². The van der Waals surface area contributed by atoms with E-state index in [-0.39, 0.29) is 5.56 Å². The molecule has 1 aromatic heterocycles. The Bertz CT molecular complexity index is 1010. The summed E-state index contributed by atoms with van der Waals surface area (Å²) in [7, 11) is 0. The number of hydrogen-bond acceptors (Lipinski definition) is 7. The number of nitrogens with zero attached hydrogens (tertiary/aromatic N) is 3. The first-order valence-corrected chi connectivity index (χ1v) is 8.49. The van der Waals surface area contributed by atoms with Gasteiger partial charge >= 0.3 is 0 Å². The van der Waals surface area contributed by atoms with E-state index in [1.807, 2.05) is 12.3 Å². The Balaban J connectivity index is 1.82. The van der Waals surface area contributed by atoms with Crippen LogP contribution in [0.25, 0.3) is 11.3 Å². The second kappa shape index (κ2) is 7.30. The summed E-state index contributed by atoms with van der Waals surface area (Å²) in [5.41, 5.74) is 0.931.